The highest BCUT2D eigenvalue weighted by Gasteiger charge is 2.19. The van der Waals surface area contributed by atoms with Gasteiger partial charge in [-0.1, -0.05) is 0 Å². The van der Waals surface area contributed by atoms with Crippen molar-refractivity contribution in [2.45, 2.75) is 13.8 Å². The van der Waals surface area contributed by atoms with E-state index in [0.717, 1.165) is 5.39 Å². The molecule has 0 bridgehead atoms. The molecule has 0 aliphatic carbocycles. The molecule has 0 unspecified atom stereocenters. The first kappa shape index (κ1) is 18.5. The van der Waals surface area contributed by atoms with Gasteiger partial charge in [-0.05, 0) is 50.2 Å². The summed E-state index contributed by atoms with van der Waals surface area (Å²) in [5.74, 6) is 0.199. The number of aromatic hydroxyl groups is 1. The van der Waals surface area contributed by atoms with Crippen LogP contribution in [-0.4, -0.2) is 23.0 Å². The van der Waals surface area contributed by atoms with Crippen LogP contribution in [0.1, 0.15) is 21.5 Å². The molecule has 0 saturated carbocycles. The summed E-state index contributed by atoms with van der Waals surface area (Å²) in [5, 5.41) is 10.9. The lowest BCUT2D eigenvalue weighted by Gasteiger charge is -2.17. The van der Waals surface area contributed by atoms with Crippen LogP contribution in [-0.2, 0) is 0 Å². The van der Waals surface area contributed by atoms with Crippen molar-refractivity contribution in [3.05, 3.63) is 75.9 Å². The Morgan fingerprint density at radius 3 is 2.62 bits per heavy atom. The minimum absolute atomic E-state index is 0.112. The molecule has 7 nitrogen and oxygen atoms in total. The van der Waals surface area contributed by atoms with Crippen LogP contribution in [0.3, 0.4) is 0 Å². The lowest BCUT2D eigenvalue weighted by molar-refractivity contribution is 0.0992. The quantitative estimate of drug-likeness (QED) is 0.567. The van der Waals surface area contributed by atoms with Crippen molar-refractivity contribution in [1.82, 2.24) is 4.98 Å². The Hall–Kier alpha value is -3.87. The highest BCUT2D eigenvalue weighted by atomic mass is 16.4. The molecule has 1 N–H and O–H groups in total. The first-order chi connectivity index (χ1) is 13.9. The van der Waals surface area contributed by atoms with E-state index >= 15 is 0 Å². The minimum Gasteiger partial charge on any atom is -0.507 e. The number of anilines is 1. The SMILES string of the molecule is Cc1c(-c2cc3cc(N(C)C(=O)c4cccnc4)ccc3o2)oc(=O)c(C)c1O. The number of fused-ring (bicyclic) bond motifs is 1. The van der Waals surface area contributed by atoms with Gasteiger partial charge in [-0.15, -0.1) is 0 Å². The maximum absolute atomic E-state index is 12.6. The van der Waals surface area contributed by atoms with Gasteiger partial charge in [0.05, 0.1) is 11.1 Å². The number of nitrogens with zero attached hydrogens (tertiary/aromatic N) is 2. The molecule has 0 aliphatic rings. The lowest BCUT2D eigenvalue weighted by atomic mass is 10.1. The van der Waals surface area contributed by atoms with E-state index in [1.54, 1.807) is 56.6 Å². The number of amides is 1. The Labute approximate surface area is 165 Å². The molecular weight excluding hydrogens is 372 g/mol. The van der Waals surface area contributed by atoms with E-state index in [-0.39, 0.29) is 23.0 Å². The third-order valence-electron chi connectivity index (χ3n) is 4.88. The molecule has 7 heteroatoms. The summed E-state index contributed by atoms with van der Waals surface area (Å²) < 4.78 is 11.1. The lowest BCUT2D eigenvalue weighted by Crippen LogP contribution is -2.26. The van der Waals surface area contributed by atoms with Gasteiger partial charge in [0, 0.05) is 36.1 Å². The molecular formula is C22H18N2O5. The summed E-state index contributed by atoms with van der Waals surface area (Å²) in [7, 11) is 1.68. The van der Waals surface area contributed by atoms with Gasteiger partial charge in [0.2, 0.25) is 0 Å². The number of carbonyl (C=O) groups is 1. The van der Waals surface area contributed by atoms with Gasteiger partial charge in [0.25, 0.3) is 5.91 Å². The topological polar surface area (TPSA) is 96.8 Å². The van der Waals surface area contributed by atoms with Gasteiger partial charge in [0.15, 0.2) is 11.5 Å². The van der Waals surface area contributed by atoms with Crippen molar-refractivity contribution in [1.29, 1.82) is 0 Å². The summed E-state index contributed by atoms with van der Waals surface area (Å²) in [4.78, 5) is 30.1. The van der Waals surface area contributed by atoms with E-state index < -0.39 is 5.63 Å². The number of hydrogen-bond acceptors (Lipinski definition) is 6. The Morgan fingerprint density at radius 1 is 1.10 bits per heavy atom. The molecule has 29 heavy (non-hydrogen) atoms. The third-order valence-corrected chi connectivity index (χ3v) is 4.88. The zero-order valence-corrected chi connectivity index (χ0v) is 16.1. The summed E-state index contributed by atoms with van der Waals surface area (Å²) in [6.07, 6.45) is 3.13. The van der Waals surface area contributed by atoms with Gasteiger partial charge < -0.3 is 18.8 Å². The van der Waals surface area contributed by atoms with Gasteiger partial charge in [-0.3, -0.25) is 9.78 Å². The van der Waals surface area contributed by atoms with Gasteiger partial charge in [-0.2, -0.15) is 0 Å². The number of furan rings is 1. The van der Waals surface area contributed by atoms with E-state index in [1.807, 2.05) is 0 Å². The average molecular weight is 390 g/mol. The van der Waals surface area contributed by atoms with E-state index in [2.05, 4.69) is 4.98 Å². The van der Waals surface area contributed by atoms with Crippen LogP contribution < -0.4 is 10.5 Å². The fourth-order valence-corrected chi connectivity index (χ4v) is 3.12. The third kappa shape index (κ3) is 3.16. The summed E-state index contributed by atoms with van der Waals surface area (Å²) in [5.41, 5.74) is 1.67. The maximum atomic E-state index is 12.6. The maximum Gasteiger partial charge on any atom is 0.343 e. The van der Waals surface area contributed by atoms with Crippen LogP contribution in [0.25, 0.3) is 22.5 Å². The molecule has 0 spiro atoms. The number of aromatic nitrogens is 1. The largest absolute Gasteiger partial charge is 0.507 e. The highest BCUT2D eigenvalue weighted by molar-refractivity contribution is 6.06. The highest BCUT2D eigenvalue weighted by Crippen LogP contribution is 2.34. The van der Waals surface area contributed by atoms with Crippen molar-refractivity contribution in [3.8, 4) is 17.3 Å². The zero-order chi connectivity index (χ0) is 20.7. The van der Waals surface area contributed by atoms with Crippen molar-refractivity contribution in [2.75, 3.05) is 11.9 Å². The monoisotopic (exact) mass is 390 g/mol. The number of benzene rings is 1. The Balaban J connectivity index is 1.74. The first-order valence-electron chi connectivity index (χ1n) is 8.92. The second-order valence-electron chi connectivity index (χ2n) is 6.76. The van der Waals surface area contributed by atoms with Crippen LogP contribution in [0.2, 0.25) is 0 Å². The van der Waals surface area contributed by atoms with E-state index in [4.69, 9.17) is 8.83 Å². The summed E-state index contributed by atoms with van der Waals surface area (Å²) >= 11 is 0. The second-order valence-corrected chi connectivity index (χ2v) is 6.76. The Bertz CT molecular complexity index is 1290. The van der Waals surface area contributed by atoms with Crippen molar-refractivity contribution < 1.29 is 18.7 Å². The predicted octanol–water partition coefficient (Wildman–Crippen LogP) is 4.05. The minimum atomic E-state index is -0.619. The van der Waals surface area contributed by atoms with Crippen LogP contribution in [0.4, 0.5) is 5.69 Å². The molecule has 0 fully saturated rings. The standard InChI is InChI=1S/C22H18N2O5/c1-12-19(25)13(2)22(27)29-20(12)18-10-15-9-16(6-7-17(15)28-18)24(3)21(26)14-5-4-8-23-11-14/h4-11,25H,1-3H3. The molecule has 4 rings (SSSR count). The molecule has 0 saturated heterocycles. The number of carbonyl (C=O) groups excluding carboxylic acids is 1. The second kappa shape index (κ2) is 6.94. The fourth-order valence-electron chi connectivity index (χ4n) is 3.12. The van der Waals surface area contributed by atoms with Crippen LogP contribution >= 0.6 is 0 Å². The molecule has 1 amide bonds. The van der Waals surface area contributed by atoms with E-state index in [1.165, 1.54) is 18.0 Å². The van der Waals surface area contributed by atoms with E-state index in [0.29, 0.717) is 28.2 Å². The van der Waals surface area contributed by atoms with E-state index in [9.17, 15) is 14.7 Å². The van der Waals surface area contributed by atoms with Crippen LogP contribution in [0.5, 0.6) is 5.75 Å². The summed E-state index contributed by atoms with van der Waals surface area (Å²) in [6, 6.07) is 10.4. The molecule has 146 valence electrons. The van der Waals surface area contributed by atoms with Crippen molar-refractivity contribution in [2.24, 2.45) is 0 Å². The summed E-state index contributed by atoms with van der Waals surface area (Å²) in [6.45, 7) is 3.15. The molecule has 0 aliphatic heterocycles. The molecule has 0 radical (unpaired) electrons. The van der Waals surface area contributed by atoms with Crippen molar-refractivity contribution >= 4 is 22.6 Å². The van der Waals surface area contributed by atoms with Crippen molar-refractivity contribution in [3.63, 3.8) is 0 Å². The average Bonchev–Trinajstić information content (AvgIpc) is 3.17. The molecule has 3 heterocycles. The predicted molar refractivity (Wildman–Crippen MR) is 108 cm³/mol. The van der Waals surface area contributed by atoms with Gasteiger partial charge in [0.1, 0.15) is 11.3 Å². The number of pyridine rings is 1. The zero-order valence-electron chi connectivity index (χ0n) is 16.1. The normalized spacial score (nSPS) is 11.0. The van der Waals surface area contributed by atoms with Crippen LogP contribution in [0, 0.1) is 13.8 Å². The van der Waals surface area contributed by atoms with Gasteiger partial charge >= 0.3 is 5.63 Å². The van der Waals surface area contributed by atoms with Gasteiger partial charge in [-0.25, -0.2) is 4.79 Å². The fraction of sp³-hybridized carbons (Fsp3) is 0.136. The Kier molecular flexibility index (Phi) is 4.43. The molecule has 4 aromatic rings. The smallest absolute Gasteiger partial charge is 0.343 e. The molecule has 3 aromatic heterocycles. The number of hydrogen-bond donors (Lipinski definition) is 1. The van der Waals surface area contributed by atoms with Crippen LogP contribution in [0.15, 0.2) is 62.4 Å². The molecule has 1 aromatic carbocycles. The molecule has 0 atom stereocenters. The Morgan fingerprint density at radius 2 is 1.90 bits per heavy atom. The first-order valence-corrected chi connectivity index (χ1v) is 8.92. The number of rotatable bonds is 3.